The number of aryl methyl sites for hydroxylation is 1. The summed E-state index contributed by atoms with van der Waals surface area (Å²) in [4.78, 5) is 11.4. The molecule has 0 spiro atoms. The number of nitrogens with one attached hydrogen (secondary N) is 1. The van der Waals surface area contributed by atoms with Crippen LogP contribution in [-0.2, 0) is 19.5 Å². The zero-order valence-corrected chi connectivity index (χ0v) is 11.7. The first kappa shape index (κ1) is 13.8. The third-order valence-corrected chi connectivity index (χ3v) is 3.96. The van der Waals surface area contributed by atoms with E-state index in [2.05, 4.69) is 36.5 Å². The highest BCUT2D eigenvalue weighted by Gasteiger charge is 2.10. The van der Waals surface area contributed by atoms with Crippen molar-refractivity contribution in [1.82, 2.24) is 5.32 Å². The Morgan fingerprint density at radius 1 is 1.16 bits per heavy atom. The molecule has 0 bridgehead atoms. The molecule has 1 aromatic carbocycles. The van der Waals surface area contributed by atoms with Crippen LogP contribution in [-0.4, -0.2) is 11.1 Å². The second-order valence-corrected chi connectivity index (χ2v) is 5.27. The summed E-state index contributed by atoms with van der Waals surface area (Å²) in [5.41, 5.74) is 3.39. The van der Waals surface area contributed by atoms with Crippen LogP contribution in [0.15, 0.2) is 35.7 Å². The molecule has 0 atom stereocenters. The fourth-order valence-corrected chi connectivity index (χ4v) is 2.66. The van der Waals surface area contributed by atoms with Gasteiger partial charge in [0.25, 0.3) is 0 Å². The van der Waals surface area contributed by atoms with E-state index in [-0.39, 0.29) is 0 Å². The van der Waals surface area contributed by atoms with Gasteiger partial charge in [-0.05, 0) is 34.6 Å². The van der Waals surface area contributed by atoms with Crippen molar-refractivity contribution in [3.63, 3.8) is 0 Å². The molecule has 2 N–H and O–H groups in total. The SMILES string of the molecule is CCc1ccc(CNCc2ccsc2C(=O)O)cc1. The van der Waals surface area contributed by atoms with E-state index in [1.807, 2.05) is 11.4 Å². The number of hydrogen-bond donors (Lipinski definition) is 2. The van der Waals surface area contributed by atoms with Crippen molar-refractivity contribution in [3.05, 3.63) is 57.3 Å². The van der Waals surface area contributed by atoms with Crippen LogP contribution in [0.2, 0.25) is 0 Å². The standard InChI is InChI=1S/C15H17NO2S/c1-2-11-3-5-12(6-4-11)9-16-10-13-7-8-19-14(13)15(17)18/h3-8,16H,2,9-10H2,1H3,(H,17,18). The highest BCUT2D eigenvalue weighted by molar-refractivity contribution is 7.12. The molecule has 0 aliphatic heterocycles. The van der Waals surface area contributed by atoms with Crippen molar-refractivity contribution in [3.8, 4) is 0 Å². The van der Waals surface area contributed by atoms with Gasteiger partial charge in [0.05, 0.1) is 0 Å². The lowest BCUT2D eigenvalue weighted by Crippen LogP contribution is -2.14. The number of hydrogen-bond acceptors (Lipinski definition) is 3. The van der Waals surface area contributed by atoms with Crippen LogP contribution in [0.3, 0.4) is 0 Å². The van der Waals surface area contributed by atoms with Gasteiger partial charge in [-0.25, -0.2) is 4.79 Å². The minimum Gasteiger partial charge on any atom is -0.477 e. The summed E-state index contributed by atoms with van der Waals surface area (Å²) < 4.78 is 0. The minimum absolute atomic E-state index is 0.425. The largest absolute Gasteiger partial charge is 0.477 e. The van der Waals surface area contributed by atoms with Gasteiger partial charge in [0.2, 0.25) is 0 Å². The Hall–Kier alpha value is -1.65. The monoisotopic (exact) mass is 275 g/mol. The van der Waals surface area contributed by atoms with Crippen molar-refractivity contribution < 1.29 is 9.90 Å². The third-order valence-electron chi connectivity index (χ3n) is 3.02. The topological polar surface area (TPSA) is 49.3 Å². The van der Waals surface area contributed by atoms with Gasteiger partial charge in [0.15, 0.2) is 0 Å². The molecule has 0 aliphatic carbocycles. The molecule has 0 fully saturated rings. The minimum atomic E-state index is -0.848. The van der Waals surface area contributed by atoms with E-state index in [9.17, 15) is 4.79 Å². The molecule has 0 saturated carbocycles. The summed E-state index contributed by atoms with van der Waals surface area (Å²) in [5, 5.41) is 14.1. The predicted molar refractivity (Wildman–Crippen MR) is 77.6 cm³/mol. The van der Waals surface area contributed by atoms with Gasteiger partial charge in [-0.3, -0.25) is 0 Å². The van der Waals surface area contributed by atoms with Gasteiger partial charge in [-0.15, -0.1) is 11.3 Å². The zero-order valence-electron chi connectivity index (χ0n) is 10.8. The Morgan fingerprint density at radius 3 is 2.47 bits per heavy atom. The highest BCUT2D eigenvalue weighted by Crippen LogP contribution is 2.16. The van der Waals surface area contributed by atoms with Crippen molar-refractivity contribution in [1.29, 1.82) is 0 Å². The molecule has 4 heteroatoms. The maximum Gasteiger partial charge on any atom is 0.346 e. The summed E-state index contributed by atoms with van der Waals surface area (Å²) in [6, 6.07) is 10.3. The average Bonchev–Trinajstić information content (AvgIpc) is 2.88. The molecular weight excluding hydrogens is 258 g/mol. The van der Waals surface area contributed by atoms with Gasteiger partial charge in [-0.2, -0.15) is 0 Å². The molecule has 0 saturated heterocycles. The number of benzene rings is 1. The Morgan fingerprint density at radius 2 is 1.84 bits per heavy atom. The van der Waals surface area contributed by atoms with Crippen molar-refractivity contribution in [2.45, 2.75) is 26.4 Å². The van der Waals surface area contributed by atoms with Crippen molar-refractivity contribution in [2.24, 2.45) is 0 Å². The molecule has 1 heterocycles. The quantitative estimate of drug-likeness (QED) is 0.850. The number of aromatic carboxylic acids is 1. The van der Waals surface area contributed by atoms with E-state index in [1.165, 1.54) is 22.5 Å². The lowest BCUT2D eigenvalue weighted by molar-refractivity contribution is 0.0701. The fraction of sp³-hybridized carbons (Fsp3) is 0.267. The molecular formula is C15H17NO2S. The predicted octanol–water partition coefficient (Wildman–Crippen LogP) is 3.30. The maximum absolute atomic E-state index is 11.0. The molecule has 2 aromatic rings. The summed E-state index contributed by atoms with van der Waals surface area (Å²) >= 11 is 1.27. The molecule has 0 amide bonds. The number of rotatable bonds is 6. The third kappa shape index (κ3) is 3.66. The van der Waals surface area contributed by atoms with Crippen LogP contribution in [0.25, 0.3) is 0 Å². The highest BCUT2D eigenvalue weighted by atomic mass is 32.1. The Labute approximate surface area is 116 Å². The zero-order chi connectivity index (χ0) is 13.7. The summed E-state index contributed by atoms with van der Waals surface area (Å²) in [6.07, 6.45) is 1.05. The summed E-state index contributed by atoms with van der Waals surface area (Å²) in [7, 11) is 0. The van der Waals surface area contributed by atoms with Crippen molar-refractivity contribution in [2.75, 3.05) is 0 Å². The van der Waals surface area contributed by atoms with Crippen LogP contribution < -0.4 is 5.32 Å². The number of carboxylic acids is 1. The van der Waals surface area contributed by atoms with Crippen LogP contribution >= 0.6 is 11.3 Å². The molecule has 2 rings (SSSR count). The first-order valence-electron chi connectivity index (χ1n) is 6.29. The van der Waals surface area contributed by atoms with E-state index >= 15 is 0 Å². The van der Waals surface area contributed by atoms with E-state index < -0.39 is 5.97 Å². The lowest BCUT2D eigenvalue weighted by atomic mass is 10.1. The maximum atomic E-state index is 11.0. The van der Waals surface area contributed by atoms with Gasteiger partial charge in [-0.1, -0.05) is 31.2 Å². The molecule has 19 heavy (non-hydrogen) atoms. The Bertz CT molecular complexity index is 546. The van der Waals surface area contributed by atoms with Gasteiger partial charge < -0.3 is 10.4 Å². The molecule has 0 radical (unpaired) electrons. The van der Waals surface area contributed by atoms with E-state index in [1.54, 1.807) is 0 Å². The van der Waals surface area contributed by atoms with Crippen LogP contribution in [0, 0.1) is 0 Å². The van der Waals surface area contributed by atoms with Gasteiger partial charge in [0.1, 0.15) is 4.88 Å². The molecule has 1 aromatic heterocycles. The molecule has 3 nitrogen and oxygen atoms in total. The van der Waals surface area contributed by atoms with E-state index in [0.29, 0.717) is 11.4 Å². The van der Waals surface area contributed by atoms with Crippen molar-refractivity contribution >= 4 is 17.3 Å². The van der Waals surface area contributed by atoms with E-state index in [0.717, 1.165) is 18.5 Å². The Balaban J connectivity index is 1.89. The summed E-state index contributed by atoms with van der Waals surface area (Å²) in [5.74, 6) is -0.848. The fourth-order valence-electron chi connectivity index (χ4n) is 1.90. The number of thiophene rings is 1. The molecule has 100 valence electrons. The van der Waals surface area contributed by atoms with Crippen LogP contribution in [0.5, 0.6) is 0 Å². The first-order valence-corrected chi connectivity index (χ1v) is 7.17. The molecule has 0 aliphatic rings. The van der Waals surface area contributed by atoms with Gasteiger partial charge in [0, 0.05) is 13.1 Å². The lowest BCUT2D eigenvalue weighted by Gasteiger charge is -2.05. The van der Waals surface area contributed by atoms with Crippen LogP contribution in [0.4, 0.5) is 0 Å². The smallest absolute Gasteiger partial charge is 0.346 e. The molecule has 0 unspecified atom stereocenters. The summed E-state index contributed by atoms with van der Waals surface area (Å²) in [6.45, 7) is 3.47. The normalized spacial score (nSPS) is 10.6. The van der Waals surface area contributed by atoms with E-state index in [4.69, 9.17) is 5.11 Å². The van der Waals surface area contributed by atoms with Crippen LogP contribution in [0.1, 0.15) is 33.3 Å². The van der Waals surface area contributed by atoms with Gasteiger partial charge >= 0.3 is 5.97 Å². The number of carbonyl (C=O) groups is 1. The average molecular weight is 275 g/mol. The number of carboxylic acid groups (broad SMARTS) is 1. The second kappa shape index (κ2) is 6.50. The second-order valence-electron chi connectivity index (χ2n) is 4.35. The first-order chi connectivity index (χ1) is 9.20. The Kier molecular flexibility index (Phi) is 4.71.